The quantitative estimate of drug-likeness (QED) is 0.507. The van der Waals surface area contributed by atoms with Crippen molar-refractivity contribution in [2.45, 2.75) is 13.0 Å². The van der Waals surface area contributed by atoms with Crippen molar-refractivity contribution in [3.63, 3.8) is 0 Å². The van der Waals surface area contributed by atoms with Crippen LogP contribution in [0.2, 0.25) is 0 Å². The first-order valence-corrected chi connectivity index (χ1v) is 6.81. The Bertz CT molecular complexity index is 557. The van der Waals surface area contributed by atoms with Crippen LogP contribution in [0.15, 0.2) is 16.6 Å². The van der Waals surface area contributed by atoms with Gasteiger partial charge < -0.3 is 14.7 Å². The summed E-state index contributed by atoms with van der Waals surface area (Å²) in [7, 11) is 0. The average Bonchev–Trinajstić information content (AvgIpc) is 2.34. The molecular formula is C12H13BrN2O5. The first-order chi connectivity index (χ1) is 9.43. The Hall–Kier alpha value is -1.67. The fourth-order valence-corrected chi connectivity index (χ4v) is 2.46. The number of ether oxygens (including phenoxy) is 1. The molecule has 1 saturated heterocycles. The van der Waals surface area contributed by atoms with Crippen LogP contribution < -0.4 is 4.90 Å². The summed E-state index contributed by atoms with van der Waals surface area (Å²) in [5, 5.41) is 20.4. The predicted molar refractivity (Wildman–Crippen MR) is 75.0 cm³/mol. The molecule has 0 unspecified atom stereocenters. The van der Waals surface area contributed by atoms with E-state index in [0.717, 1.165) is 0 Å². The Balaban J connectivity index is 2.41. The van der Waals surface area contributed by atoms with Crippen molar-refractivity contribution in [3.8, 4) is 0 Å². The van der Waals surface area contributed by atoms with Crippen LogP contribution in [0, 0.1) is 10.1 Å². The SMILES string of the molecule is CCOC(=O)c1cc([N+](=O)[O-])c(N2CC(O)C2)cc1Br. The van der Waals surface area contributed by atoms with Gasteiger partial charge in [0.25, 0.3) is 5.69 Å². The standard InChI is InChI=1S/C12H13BrN2O5/c1-2-20-12(17)8-3-11(15(18)19)10(4-9(8)13)14-5-7(16)6-14/h3-4,7,16H,2,5-6H2,1H3. The lowest BCUT2D eigenvalue weighted by Crippen LogP contribution is -2.51. The van der Waals surface area contributed by atoms with Gasteiger partial charge in [-0.05, 0) is 28.9 Å². The predicted octanol–water partition coefficient (Wildman–Crippen LogP) is 1.71. The molecule has 2 rings (SSSR count). The van der Waals surface area contributed by atoms with Gasteiger partial charge in [0.2, 0.25) is 0 Å². The largest absolute Gasteiger partial charge is 0.462 e. The van der Waals surface area contributed by atoms with Crippen LogP contribution in [0.25, 0.3) is 0 Å². The van der Waals surface area contributed by atoms with Gasteiger partial charge in [-0.2, -0.15) is 0 Å². The highest BCUT2D eigenvalue weighted by Crippen LogP contribution is 2.36. The van der Waals surface area contributed by atoms with Crippen molar-refractivity contribution in [1.29, 1.82) is 0 Å². The normalized spacial score (nSPS) is 14.8. The number of benzene rings is 1. The molecule has 108 valence electrons. The van der Waals surface area contributed by atoms with E-state index in [2.05, 4.69) is 15.9 Å². The second kappa shape index (κ2) is 5.76. The highest BCUT2D eigenvalue weighted by Gasteiger charge is 2.31. The van der Waals surface area contributed by atoms with E-state index in [1.165, 1.54) is 12.1 Å². The fraction of sp³-hybridized carbons (Fsp3) is 0.417. The highest BCUT2D eigenvalue weighted by molar-refractivity contribution is 9.10. The van der Waals surface area contributed by atoms with Crippen LogP contribution in [-0.4, -0.2) is 41.8 Å². The van der Waals surface area contributed by atoms with Gasteiger partial charge in [-0.1, -0.05) is 0 Å². The lowest BCUT2D eigenvalue weighted by atomic mass is 10.1. The monoisotopic (exact) mass is 344 g/mol. The molecule has 0 atom stereocenters. The van der Waals surface area contributed by atoms with Crippen molar-refractivity contribution >= 4 is 33.3 Å². The molecule has 0 aromatic heterocycles. The van der Waals surface area contributed by atoms with Crippen LogP contribution in [0.4, 0.5) is 11.4 Å². The second-order valence-electron chi connectivity index (χ2n) is 4.36. The molecule has 20 heavy (non-hydrogen) atoms. The number of aliphatic hydroxyl groups excluding tert-OH is 1. The minimum Gasteiger partial charge on any atom is -0.462 e. The van der Waals surface area contributed by atoms with E-state index in [1.54, 1.807) is 11.8 Å². The number of carbonyl (C=O) groups is 1. The smallest absolute Gasteiger partial charge is 0.339 e. The number of nitrogens with zero attached hydrogens (tertiary/aromatic N) is 2. The molecule has 1 aliphatic heterocycles. The van der Waals surface area contributed by atoms with Gasteiger partial charge in [0, 0.05) is 23.6 Å². The van der Waals surface area contributed by atoms with Crippen LogP contribution >= 0.6 is 15.9 Å². The van der Waals surface area contributed by atoms with Gasteiger partial charge in [0.05, 0.1) is 23.2 Å². The van der Waals surface area contributed by atoms with Crippen molar-refractivity contribution in [1.82, 2.24) is 0 Å². The summed E-state index contributed by atoms with van der Waals surface area (Å²) in [5.41, 5.74) is 0.312. The summed E-state index contributed by atoms with van der Waals surface area (Å²) in [5.74, 6) is -0.613. The lowest BCUT2D eigenvalue weighted by molar-refractivity contribution is -0.384. The second-order valence-corrected chi connectivity index (χ2v) is 5.21. The number of aliphatic hydroxyl groups is 1. The number of esters is 1. The van der Waals surface area contributed by atoms with Gasteiger partial charge >= 0.3 is 5.97 Å². The first kappa shape index (κ1) is 14.7. The molecule has 0 spiro atoms. The zero-order chi connectivity index (χ0) is 14.9. The third kappa shape index (κ3) is 2.75. The van der Waals surface area contributed by atoms with E-state index >= 15 is 0 Å². The fourth-order valence-electron chi connectivity index (χ4n) is 1.97. The summed E-state index contributed by atoms with van der Waals surface area (Å²) in [6.07, 6.45) is -0.474. The topological polar surface area (TPSA) is 92.9 Å². The molecule has 0 saturated carbocycles. The van der Waals surface area contributed by atoms with Crippen molar-refractivity contribution in [2.75, 3.05) is 24.6 Å². The molecule has 1 fully saturated rings. The first-order valence-electron chi connectivity index (χ1n) is 6.02. The minimum atomic E-state index is -0.613. The van der Waals surface area contributed by atoms with Gasteiger partial charge in [-0.15, -0.1) is 0 Å². The van der Waals surface area contributed by atoms with Gasteiger partial charge in [-0.3, -0.25) is 10.1 Å². The Morgan fingerprint density at radius 2 is 2.25 bits per heavy atom. The van der Waals surface area contributed by atoms with E-state index in [9.17, 15) is 20.0 Å². The van der Waals surface area contributed by atoms with Crippen LogP contribution in [0.5, 0.6) is 0 Å². The maximum absolute atomic E-state index is 11.7. The third-order valence-electron chi connectivity index (χ3n) is 2.96. The maximum atomic E-state index is 11.7. The Morgan fingerprint density at radius 1 is 1.60 bits per heavy atom. The minimum absolute atomic E-state index is 0.114. The lowest BCUT2D eigenvalue weighted by Gasteiger charge is -2.37. The molecule has 1 aliphatic rings. The molecule has 0 aliphatic carbocycles. The molecule has 8 heteroatoms. The van der Waals surface area contributed by atoms with Crippen LogP contribution in [0.1, 0.15) is 17.3 Å². The maximum Gasteiger partial charge on any atom is 0.339 e. The van der Waals surface area contributed by atoms with E-state index in [0.29, 0.717) is 23.2 Å². The third-order valence-corrected chi connectivity index (χ3v) is 3.62. The number of β-amino-alcohol motifs (C(OH)–C–C–N with tert-alkyl or cyclic N) is 1. The number of halogens is 1. The molecule has 1 heterocycles. The summed E-state index contributed by atoms with van der Waals surface area (Å²) < 4.78 is 5.28. The van der Waals surface area contributed by atoms with Gasteiger partial charge in [-0.25, -0.2) is 4.79 Å². The highest BCUT2D eigenvalue weighted by atomic mass is 79.9. The summed E-state index contributed by atoms with van der Waals surface area (Å²) in [4.78, 5) is 24.0. The summed E-state index contributed by atoms with van der Waals surface area (Å²) >= 11 is 3.23. The zero-order valence-electron chi connectivity index (χ0n) is 10.7. The molecule has 1 aromatic rings. The molecule has 1 aromatic carbocycles. The van der Waals surface area contributed by atoms with Crippen molar-refractivity contribution in [2.24, 2.45) is 0 Å². The van der Waals surface area contributed by atoms with Gasteiger partial charge in [0.1, 0.15) is 5.69 Å². The Morgan fingerprint density at radius 3 is 2.75 bits per heavy atom. The number of hydrogen-bond donors (Lipinski definition) is 1. The summed E-state index contributed by atoms with van der Waals surface area (Å²) in [6.45, 7) is 2.53. The number of nitro groups is 1. The van der Waals surface area contributed by atoms with E-state index < -0.39 is 17.0 Å². The van der Waals surface area contributed by atoms with Crippen molar-refractivity contribution < 1.29 is 19.6 Å². The molecule has 0 amide bonds. The van der Waals surface area contributed by atoms with Crippen molar-refractivity contribution in [3.05, 3.63) is 32.3 Å². The number of carbonyl (C=O) groups excluding carboxylic acids is 1. The molecule has 1 N–H and O–H groups in total. The summed E-state index contributed by atoms with van der Waals surface area (Å²) in [6, 6.07) is 2.71. The van der Waals surface area contributed by atoms with Gasteiger partial charge in [0.15, 0.2) is 0 Å². The number of anilines is 1. The van der Waals surface area contributed by atoms with Crippen LogP contribution in [-0.2, 0) is 4.74 Å². The van der Waals surface area contributed by atoms with E-state index in [4.69, 9.17) is 4.74 Å². The molecule has 7 nitrogen and oxygen atoms in total. The average molecular weight is 345 g/mol. The number of rotatable bonds is 4. The molecule has 0 bridgehead atoms. The Labute approximate surface area is 123 Å². The Kier molecular flexibility index (Phi) is 4.24. The number of hydrogen-bond acceptors (Lipinski definition) is 6. The van der Waals surface area contributed by atoms with Crippen LogP contribution in [0.3, 0.4) is 0 Å². The van der Waals surface area contributed by atoms with E-state index in [1.807, 2.05) is 0 Å². The zero-order valence-corrected chi connectivity index (χ0v) is 12.3. The molecular weight excluding hydrogens is 332 g/mol. The van der Waals surface area contributed by atoms with E-state index in [-0.39, 0.29) is 17.9 Å². The number of nitro benzene ring substituents is 1. The molecule has 0 radical (unpaired) electrons.